The summed E-state index contributed by atoms with van der Waals surface area (Å²) in [6.07, 6.45) is 4.23. The first-order valence-corrected chi connectivity index (χ1v) is 6.71. The molecule has 0 amide bonds. The van der Waals surface area contributed by atoms with E-state index in [9.17, 15) is 4.79 Å². The minimum atomic E-state index is 0.492. The Kier molecular flexibility index (Phi) is 3.02. The third-order valence-electron chi connectivity index (χ3n) is 2.52. The molecule has 12 heavy (non-hydrogen) atoms. The van der Waals surface area contributed by atoms with E-state index < -0.39 is 0 Å². The molecule has 1 heterocycles. The van der Waals surface area contributed by atoms with Crippen molar-refractivity contribution in [1.29, 1.82) is 0 Å². The zero-order chi connectivity index (χ0) is 8.39. The van der Waals surface area contributed by atoms with E-state index in [1.807, 2.05) is 0 Å². The zero-order valence-corrected chi connectivity index (χ0v) is 8.76. The van der Waals surface area contributed by atoms with Gasteiger partial charge in [-0.25, -0.2) is 0 Å². The van der Waals surface area contributed by atoms with Crippen molar-refractivity contribution in [3.8, 4) is 0 Å². The summed E-state index contributed by atoms with van der Waals surface area (Å²) in [5, 5.41) is 0. The number of carbonyl (C=O) groups excluding carboxylic acids is 1. The van der Waals surface area contributed by atoms with Crippen LogP contribution >= 0.6 is 23.5 Å². The Morgan fingerprint density at radius 2 is 2.00 bits per heavy atom. The molecule has 0 aromatic carbocycles. The highest BCUT2D eigenvalue weighted by atomic mass is 32.2. The lowest BCUT2D eigenvalue weighted by atomic mass is 10.1. The molecule has 0 radical (unpaired) electrons. The predicted molar refractivity (Wildman–Crippen MR) is 55.7 cm³/mol. The average molecular weight is 202 g/mol. The molecule has 2 aliphatic rings. The van der Waals surface area contributed by atoms with Gasteiger partial charge >= 0.3 is 0 Å². The number of carbonyl (C=O) groups is 1. The van der Waals surface area contributed by atoms with Gasteiger partial charge in [0.15, 0.2) is 0 Å². The molecule has 1 saturated carbocycles. The number of hydrogen-bond acceptors (Lipinski definition) is 3. The van der Waals surface area contributed by atoms with Gasteiger partial charge in [-0.05, 0) is 30.3 Å². The molecule has 1 unspecified atom stereocenters. The van der Waals surface area contributed by atoms with E-state index in [1.54, 1.807) is 0 Å². The van der Waals surface area contributed by atoms with Crippen LogP contribution in [0.5, 0.6) is 0 Å². The third-order valence-corrected chi connectivity index (χ3v) is 5.81. The Morgan fingerprint density at radius 3 is 2.58 bits per heavy atom. The summed E-state index contributed by atoms with van der Waals surface area (Å²) in [4.78, 5) is 11.1. The fraction of sp³-hybridized carbons (Fsp3) is 0.889. The van der Waals surface area contributed by atoms with Gasteiger partial charge in [0.25, 0.3) is 0 Å². The van der Waals surface area contributed by atoms with Crippen LogP contribution in [0.4, 0.5) is 0 Å². The molecule has 3 heteroatoms. The molecule has 1 atom stereocenters. The molecule has 0 N–H and O–H groups in total. The smallest absolute Gasteiger partial charge is 0.133 e. The Hall–Kier alpha value is 0.370. The molecule has 0 aromatic rings. The maximum Gasteiger partial charge on any atom is 0.133 e. The van der Waals surface area contributed by atoms with Crippen molar-refractivity contribution in [1.82, 2.24) is 0 Å². The number of rotatable bonds is 1. The highest BCUT2D eigenvalue weighted by Crippen LogP contribution is 2.41. The van der Waals surface area contributed by atoms with Gasteiger partial charge in [0.05, 0.1) is 4.58 Å². The van der Waals surface area contributed by atoms with Gasteiger partial charge < -0.3 is 0 Å². The second-order valence-electron chi connectivity index (χ2n) is 3.51. The van der Waals surface area contributed by atoms with E-state index in [4.69, 9.17) is 0 Å². The maximum absolute atomic E-state index is 11.1. The lowest BCUT2D eigenvalue weighted by Crippen LogP contribution is -2.16. The lowest BCUT2D eigenvalue weighted by Gasteiger charge is -2.25. The Balaban J connectivity index is 1.86. The Bertz CT molecular complexity index is 175. The van der Waals surface area contributed by atoms with Gasteiger partial charge in [0.1, 0.15) is 5.78 Å². The van der Waals surface area contributed by atoms with Crippen LogP contribution in [0.1, 0.15) is 25.7 Å². The molecule has 0 aromatic heterocycles. The van der Waals surface area contributed by atoms with Crippen LogP contribution in [0, 0.1) is 5.92 Å². The predicted octanol–water partition coefficient (Wildman–Crippen LogP) is 2.55. The second kappa shape index (κ2) is 4.05. The highest BCUT2D eigenvalue weighted by Gasteiger charge is 2.31. The second-order valence-corrected chi connectivity index (χ2v) is 6.30. The van der Waals surface area contributed by atoms with Crippen LogP contribution < -0.4 is 0 Å². The van der Waals surface area contributed by atoms with Crippen LogP contribution in [0.25, 0.3) is 0 Å². The van der Waals surface area contributed by atoms with Crippen molar-refractivity contribution in [2.24, 2.45) is 5.92 Å². The molecular weight excluding hydrogens is 188 g/mol. The Morgan fingerprint density at radius 1 is 1.25 bits per heavy atom. The van der Waals surface area contributed by atoms with Crippen LogP contribution in [-0.4, -0.2) is 21.9 Å². The van der Waals surface area contributed by atoms with Crippen LogP contribution in [0.2, 0.25) is 0 Å². The largest absolute Gasteiger partial charge is 0.300 e. The summed E-state index contributed by atoms with van der Waals surface area (Å²) in [5.41, 5.74) is 0. The van der Waals surface area contributed by atoms with E-state index >= 15 is 0 Å². The topological polar surface area (TPSA) is 17.1 Å². The fourth-order valence-corrected chi connectivity index (χ4v) is 5.09. The average Bonchev–Trinajstić information content (AvgIpc) is 2.54. The van der Waals surface area contributed by atoms with E-state index in [0.29, 0.717) is 11.7 Å². The van der Waals surface area contributed by atoms with Crippen LogP contribution in [-0.2, 0) is 4.79 Å². The maximum atomic E-state index is 11.1. The van der Waals surface area contributed by atoms with Crippen molar-refractivity contribution in [3.63, 3.8) is 0 Å². The summed E-state index contributed by atoms with van der Waals surface area (Å²) < 4.78 is 0.741. The van der Waals surface area contributed by atoms with Gasteiger partial charge in [-0.3, -0.25) is 4.79 Å². The van der Waals surface area contributed by atoms with Gasteiger partial charge in [-0.2, -0.15) is 0 Å². The van der Waals surface area contributed by atoms with Crippen LogP contribution in [0.3, 0.4) is 0 Å². The monoisotopic (exact) mass is 202 g/mol. The number of ketones is 1. The summed E-state index contributed by atoms with van der Waals surface area (Å²) in [6.45, 7) is 0. The van der Waals surface area contributed by atoms with Crippen molar-refractivity contribution >= 4 is 29.3 Å². The number of thioether (sulfide) groups is 2. The highest BCUT2D eigenvalue weighted by molar-refractivity contribution is 8.17. The first-order chi connectivity index (χ1) is 5.86. The summed E-state index contributed by atoms with van der Waals surface area (Å²) in [5.74, 6) is 3.81. The molecule has 2 rings (SSSR count). The molecular formula is C9H14OS2. The third kappa shape index (κ3) is 1.99. The first kappa shape index (κ1) is 8.95. The summed E-state index contributed by atoms with van der Waals surface area (Å²) in [7, 11) is 0. The zero-order valence-electron chi connectivity index (χ0n) is 7.12. The van der Waals surface area contributed by atoms with E-state index in [0.717, 1.165) is 23.8 Å². The Labute approximate surface area is 82.1 Å². The minimum absolute atomic E-state index is 0.492. The van der Waals surface area contributed by atoms with Crippen molar-refractivity contribution in [3.05, 3.63) is 0 Å². The number of hydrogen-bond donors (Lipinski definition) is 0. The molecule has 1 aliphatic heterocycles. The molecule has 1 nitrogen and oxygen atoms in total. The normalized spacial score (nSPS) is 32.7. The molecule has 0 bridgehead atoms. The van der Waals surface area contributed by atoms with E-state index in [2.05, 4.69) is 23.5 Å². The summed E-state index contributed by atoms with van der Waals surface area (Å²) >= 11 is 4.15. The molecule has 1 aliphatic carbocycles. The van der Waals surface area contributed by atoms with Gasteiger partial charge in [0.2, 0.25) is 0 Å². The molecule has 68 valence electrons. The fourth-order valence-electron chi connectivity index (χ4n) is 1.85. The van der Waals surface area contributed by atoms with Crippen LogP contribution in [0.15, 0.2) is 0 Å². The quantitative estimate of drug-likeness (QED) is 0.650. The van der Waals surface area contributed by atoms with E-state index in [-0.39, 0.29) is 0 Å². The van der Waals surface area contributed by atoms with Gasteiger partial charge in [0, 0.05) is 12.8 Å². The standard InChI is InChI=1S/C9H14OS2/c10-8-3-2-7(6-8)9-11-4-1-5-12-9/h7,9H,1-6H2. The summed E-state index contributed by atoms with van der Waals surface area (Å²) in [6, 6.07) is 0. The minimum Gasteiger partial charge on any atom is -0.300 e. The first-order valence-electron chi connectivity index (χ1n) is 4.61. The SMILES string of the molecule is O=C1CCC(C2SCCCS2)C1. The molecule has 0 spiro atoms. The van der Waals surface area contributed by atoms with Gasteiger partial charge in [-0.15, -0.1) is 23.5 Å². The number of Topliss-reactive ketones (excluding diaryl/α,β-unsaturated/α-hetero) is 1. The van der Waals surface area contributed by atoms with Crippen molar-refractivity contribution in [2.75, 3.05) is 11.5 Å². The van der Waals surface area contributed by atoms with E-state index in [1.165, 1.54) is 17.9 Å². The van der Waals surface area contributed by atoms with Crippen molar-refractivity contribution in [2.45, 2.75) is 30.3 Å². The molecule has 1 saturated heterocycles. The molecule has 2 fully saturated rings. The van der Waals surface area contributed by atoms with Crippen molar-refractivity contribution < 1.29 is 4.79 Å². The lowest BCUT2D eigenvalue weighted by molar-refractivity contribution is -0.117. The van der Waals surface area contributed by atoms with Gasteiger partial charge in [-0.1, -0.05) is 0 Å².